The van der Waals surface area contributed by atoms with Crippen molar-refractivity contribution in [2.24, 2.45) is 10.9 Å². The number of hydrogen-bond acceptors (Lipinski definition) is 4. The van der Waals surface area contributed by atoms with Gasteiger partial charge in [-0.15, -0.1) is 0 Å². The van der Waals surface area contributed by atoms with E-state index < -0.39 is 10.0 Å². The zero-order valence-electron chi connectivity index (χ0n) is 13.4. The van der Waals surface area contributed by atoms with Gasteiger partial charge < -0.3 is 0 Å². The minimum Gasteiger partial charge on any atom is -0.267 e. The Labute approximate surface area is 151 Å². The van der Waals surface area contributed by atoms with Crippen LogP contribution >= 0.6 is 11.6 Å². The highest BCUT2D eigenvalue weighted by Gasteiger charge is 2.22. The predicted octanol–water partition coefficient (Wildman–Crippen LogP) is 1.98. The number of aliphatic imine (C=N–C) groups is 1. The van der Waals surface area contributed by atoms with E-state index in [0.717, 1.165) is 17.5 Å². The van der Waals surface area contributed by atoms with Crippen molar-refractivity contribution in [3.05, 3.63) is 64.5 Å². The number of aromatic nitrogens is 1. The highest BCUT2D eigenvalue weighted by atomic mass is 35.5. The van der Waals surface area contributed by atoms with Gasteiger partial charge >= 0.3 is 0 Å². The third-order valence-corrected chi connectivity index (χ3v) is 4.79. The topological polar surface area (TPSA) is 88.5 Å². The summed E-state index contributed by atoms with van der Waals surface area (Å²) in [6.45, 7) is 0.0203. The number of allylic oxidation sites excluding steroid dienone is 5. The maximum atomic E-state index is 12.2. The highest BCUT2D eigenvalue weighted by molar-refractivity contribution is 7.88. The molecule has 0 saturated carbocycles. The molecule has 2 aliphatic rings. The number of rotatable bonds is 5. The van der Waals surface area contributed by atoms with Crippen LogP contribution in [0, 0.1) is 5.92 Å². The molecule has 25 heavy (non-hydrogen) atoms. The lowest BCUT2D eigenvalue weighted by Gasteiger charge is -2.18. The number of dihydropyridines is 1. The first kappa shape index (κ1) is 17.7. The monoisotopic (exact) mass is 377 g/mol. The van der Waals surface area contributed by atoms with Crippen LogP contribution in [0.25, 0.3) is 0 Å². The maximum absolute atomic E-state index is 12.2. The summed E-state index contributed by atoms with van der Waals surface area (Å²) in [6, 6.07) is 1.69. The van der Waals surface area contributed by atoms with Crippen LogP contribution in [-0.2, 0) is 27.8 Å². The zero-order valence-corrected chi connectivity index (χ0v) is 15.0. The van der Waals surface area contributed by atoms with E-state index in [9.17, 15) is 13.2 Å². The van der Waals surface area contributed by atoms with Crippen molar-refractivity contribution in [1.82, 2.24) is 9.71 Å². The minimum atomic E-state index is -3.32. The van der Waals surface area contributed by atoms with Crippen molar-refractivity contribution in [3.8, 4) is 0 Å². The van der Waals surface area contributed by atoms with Gasteiger partial charge in [-0.2, -0.15) is 0 Å². The van der Waals surface area contributed by atoms with Crippen molar-refractivity contribution in [1.29, 1.82) is 0 Å². The molecule has 2 heterocycles. The molecular formula is C17H16ClN3O3S. The summed E-state index contributed by atoms with van der Waals surface area (Å²) in [5.41, 5.74) is 2.53. The molecular weight excluding hydrogens is 362 g/mol. The molecule has 1 N–H and O–H groups in total. The van der Waals surface area contributed by atoms with Crippen LogP contribution in [0.4, 0.5) is 0 Å². The molecule has 1 aliphatic carbocycles. The van der Waals surface area contributed by atoms with Gasteiger partial charge in [0.25, 0.3) is 5.91 Å². The number of nitrogens with zero attached hydrogens (tertiary/aromatic N) is 2. The zero-order chi connectivity index (χ0) is 18.0. The van der Waals surface area contributed by atoms with Crippen molar-refractivity contribution in [2.45, 2.75) is 13.0 Å². The number of nitrogens with one attached hydrogen (secondary N) is 1. The van der Waals surface area contributed by atoms with Gasteiger partial charge in [0.1, 0.15) is 0 Å². The normalized spacial score (nSPS) is 19.4. The SMILES string of the molecule is CS(=O)(=O)NCc1ncc(CC2=CC3C=CC=CC3=NC2=O)cc1Cl. The fourth-order valence-corrected chi connectivity index (χ4v) is 3.22. The van der Waals surface area contributed by atoms with E-state index >= 15 is 0 Å². The Bertz CT molecular complexity index is 946. The van der Waals surface area contributed by atoms with E-state index in [-0.39, 0.29) is 18.4 Å². The van der Waals surface area contributed by atoms with Gasteiger partial charge in [0.2, 0.25) is 10.0 Å². The maximum Gasteiger partial charge on any atom is 0.273 e. The Morgan fingerprint density at radius 1 is 1.32 bits per heavy atom. The summed E-state index contributed by atoms with van der Waals surface area (Å²) in [5, 5.41) is 0.349. The number of carbonyl (C=O) groups is 1. The molecule has 0 fully saturated rings. The van der Waals surface area contributed by atoms with E-state index in [1.807, 2.05) is 30.4 Å². The van der Waals surface area contributed by atoms with Crippen LogP contribution < -0.4 is 4.72 Å². The van der Waals surface area contributed by atoms with Gasteiger partial charge in [0.05, 0.1) is 29.2 Å². The van der Waals surface area contributed by atoms with Crippen LogP contribution in [0.3, 0.4) is 0 Å². The Kier molecular flexibility index (Phi) is 4.99. The summed E-state index contributed by atoms with van der Waals surface area (Å²) in [5.74, 6) is -0.246. The lowest BCUT2D eigenvalue weighted by molar-refractivity contribution is -0.114. The predicted molar refractivity (Wildman–Crippen MR) is 96.9 cm³/mol. The molecule has 0 saturated heterocycles. The first-order valence-electron chi connectivity index (χ1n) is 7.58. The van der Waals surface area contributed by atoms with Crippen LogP contribution in [0.15, 0.2) is 53.2 Å². The number of fused-ring (bicyclic) bond motifs is 1. The molecule has 1 atom stereocenters. The second kappa shape index (κ2) is 7.03. The van der Waals surface area contributed by atoms with E-state index in [4.69, 9.17) is 11.6 Å². The Hall–Kier alpha value is -2.09. The Morgan fingerprint density at radius 3 is 2.84 bits per heavy atom. The molecule has 1 amide bonds. The van der Waals surface area contributed by atoms with Gasteiger partial charge in [-0.3, -0.25) is 9.78 Å². The average Bonchev–Trinajstić information content (AvgIpc) is 2.54. The quantitative estimate of drug-likeness (QED) is 0.849. The second-order valence-corrected chi connectivity index (χ2v) is 8.09. The molecule has 3 rings (SSSR count). The van der Waals surface area contributed by atoms with Gasteiger partial charge in [0, 0.05) is 24.1 Å². The molecule has 1 aromatic heterocycles. The lowest BCUT2D eigenvalue weighted by atomic mass is 9.91. The standard InChI is InChI=1S/C17H16ClN3O3S/c1-25(23,24)20-10-16-14(18)7-11(9-19-16)6-13-8-12-4-2-3-5-15(12)21-17(13)22/h2-5,7-9,12,20H,6,10H2,1H3. The molecule has 8 heteroatoms. The first-order valence-corrected chi connectivity index (χ1v) is 9.85. The largest absolute Gasteiger partial charge is 0.273 e. The molecule has 130 valence electrons. The molecule has 1 aromatic rings. The fraction of sp³-hybridized carbons (Fsp3) is 0.235. The van der Waals surface area contributed by atoms with Crippen molar-refractivity contribution in [3.63, 3.8) is 0 Å². The summed E-state index contributed by atoms with van der Waals surface area (Å²) in [7, 11) is -3.32. The molecule has 0 bridgehead atoms. The number of pyridine rings is 1. The number of carbonyl (C=O) groups excluding carboxylic acids is 1. The Morgan fingerprint density at radius 2 is 2.12 bits per heavy atom. The van der Waals surface area contributed by atoms with Crippen molar-refractivity contribution in [2.75, 3.05) is 6.26 Å². The van der Waals surface area contributed by atoms with Gasteiger partial charge in [-0.25, -0.2) is 18.1 Å². The average molecular weight is 378 g/mol. The minimum absolute atomic E-state index is 0.0133. The van der Waals surface area contributed by atoms with Gasteiger partial charge in [-0.05, 0) is 17.7 Å². The molecule has 1 aliphatic heterocycles. The van der Waals surface area contributed by atoms with Crippen LogP contribution in [-0.4, -0.2) is 31.3 Å². The number of halogens is 1. The number of amides is 1. The third-order valence-electron chi connectivity index (χ3n) is 3.79. The van der Waals surface area contributed by atoms with Crippen LogP contribution in [0.1, 0.15) is 11.3 Å². The molecule has 1 unspecified atom stereocenters. The van der Waals surface area contributed by atoms with Gasteiger partial charge in [0.15, 0.2) is 0 Å². The van der Waals surface area contributed by atoms with E-state index in [2.05, 4.69) is 14.7 Å². The molecule has 0 radical (unpaired) electrons. The molecule has 0 aromatic carbocycles. The molecule has 0 spiro atoms. The summed E-state index contributed by atoms with van der Waals surface area (Å²) >= 11 is 6.17. The fourth-order valence-electron chi connectivity index (χ4n) is 2.56. The lowest BCUT2D eigenvalue weighted by Crippen LogP contribution is -2.22. The van der Waals surface area contributed by atoms with Crippen molar-refractivity contribution >= 4 is 33.2 Å². The molecule has 6 nitrogen and oxygen atoms in total. The number of hydrogen-bond donors (Lipinski definition) is 1. The summed E-state index contributed by atoms with van der Waals surface area (Å²) in [4.78, 5) is 20.5. The third kappa shape index (κ3) is 4.50. The first-order chi connectivity index (χ1) is 11.8. The van der Waals surface area contributed by atoms with Crippen molar-refractivity contribution < 1.29 is 13.2 Å². The van der Waals surface area contributed by atoms with E-state index in [1.54, 1.807) is 12.3 Å². The van der Waals surface area contributed by atoms with Crippen LogP contribution in [0.2, 0.25) is 5.02 Å². The summed E-state index contributed by atoms with van der Waals surface area (Å²) in [6.07, 6.45) is 12.5. The summed E-state index contributed by atoms with van der Waals surface area (Å²) < 4.78 is 24.6. The second-order valence-electron chi connectivity index (χ2n) is 5.85. The number of sulfonamides is 1. The van der Waals surface area contributed by atoms with Gasteiger partial charge in [-0.1, -0.05) is 35.9 Å². The van der Waals surface area contributed by atoms with Crippen LogP contribution in [0.5, 0.6) is 0 Å². The Balaban J connectivity index is 1.74. The highest BCUT2D eigenvalue weighted by Crippen LogP contribution is 2.23. The van der Waals surface area contributed by atoms with E-state index in [0.29, 0.717) is 22.7 Å². The van der Waals surface area contributed by atoms with E-state index in [1.165, 1.54) is 0 Å². The smallest absolute Gasteiger partial charge is 0.267 e.